The number of hydrogen-bond acceptors (Lipinski definition) is 7. The summed E-state index contributed by atoms with van der Waals surface area (Å²) in [5.41, 5.74) is 2.87. The highest BCUT2D eigenvalue weighted by molar-refractivity contribution is 7.87. The van der Waals surface area contributed by atoms with Crippen LogP contribution in [-0.2, 0) is 39.1 Å². The van der Waals surface area contributed by atoms with Crippen molar-refractivity contribution in [1.29, 1.82) is 0 Å². The minimum atomic E-state index is -4.59. The number of aryl methyl sites for hydroxylation is 1. The Balaban J connectivity index is 1.59. The molecule has 0 aliphatic rings. The summed E-state index contributed by atoms with van der Waals surface area (Å²) in [4.78, 5) is 30.3. The molecular weight excluding hydrogens is 576 g/mol. The third-order valence-electron chi connectivity index (χ3n) is 6.45. The van der Waals surface area contributed by atoms with Gasteiger partial charge in [-0.1, -0.05) is 67.6 Å². The molecule has 0 spiro atoms. The van der Waals surface area contributed by atoms with Gasteiger partial charge in [-0.25, -0.2) is 14.1 Å². The molecule has 12 heteroatoms. The molecule has 0 aliphatic carbocycles. The number of alkyl carbamates (subject to hydrolysis) is 1. The minimum Gasteiger partial charge on any atom is -0.453 e. The molecule has 4 aromatic rings. The number of methoxy groups -OCH3 is 1. The Morgan fingerprint density at radius 1 is 0.905 bits per heavy atom. The molecular formula is C30H32N4O6S2. The standard InChI is InChI=1S/C30H32N4O6S2/c1-3-28-31-27(20-41-28)25(32-29(35)26(33-30(36)40-2)19-21-10-6-4-7-11-21)18-22-14-16-24(17-15-22)34(42(37,38)39)23-12-8-5-9-13-23/h4-17,20,25-26H,3,18-19H2,1-2H3,(H,32,35)(H,33,36)(H,37,38,39)/t25-,26-/m0/s1. The van der Waals surface area contributed by atoms with Gasteiger partial charge in [0.15, 0.2) is 0 Å². The first-order chi connectivity index (χ1) is 20.2. The molecule has 0 radical (unpaired) electrons. The lowest BCUT2D eigenvalue weighted by Crippen LogP contribution is -2.49. The highest BCUT2D eigenvalue weighted by Crippen LogP contribution is 2.29. The summed E-state index contributed by atoms with van der Waals surface area (Å²) in [5.74, 6) is -0.404. The van der Waals surface area contributed by atoms with Crippen molar-refractivity contribution in [2.24, 2.45) is 0 Å². The Morgan fingerprint density at radius 2 is 1.50 bits per heavy atom. The van der Waals surface area contributed by atoms with Crippen LogP contribution in [0.1, 0.15) is 34.8 Å². The quantitative estimate of drug-likeness (QED) is 0.192. The highest BCUT2D eigenvalue weighted by Gasteiger charge is 2.27. The van der Waals surface area contributed by atoms with Crippen molar-refractivity contribution in [2.75, 3.05) is 11.4 Å². The molecule has 10 nitrogen and oxygen atoms in total. The number of ether oxygens (including phenoxy) is 1. The number of anilines is 2. The first-order valence-electron chi connectivity index (χ1n) is 13.2. The van der Waals surface area contributed by atoms with Crippen molar-refractivity contribution >= 4 is 45.0 Å². The van der Waals surface area contributed by atoms with E-state index in [9.17, 15) is 22.6 Å². The van der Waals surface area contributed by atoms with E-state index in [0.717, 1.165) is 26.9 Å². The van der Waals surface area contributed by atoms with Crippen molar-refractivity contribution in [3.8, 4) is 0 Å². The van der Waals surface area contributed by atoms with E-state index in [0.29, 0.717) is 12.1 Å². The summed E-state index contributed by atoms with van der Waals surface area (Å²) < 4.78 is 39.9. The Morgan fingerprint density at radius 3 is 2.07 bits per heavy atom. The zero-order valence-electron chi connectivity index (χ0n) is 23.1. The first kappa shape index (κ1) is 30.7. The summed E-state index contributed by atoms with van der Waals surface area (Å²) in [6, 6.07) is 22.8. The predicted molar refractivity (Wildman–Crippen MR) is 162 cm³/mol. The lowest BCUT2D eigenvalue weighted by Gasteiger charge is -2.23. The van der Waals surface area contributed by atoms with Crippen LogP contribution in [-0.4, -0.2) is 43.1 Å². The minimum absolute atomic E-state index is 0.250. The average molecular weight is 609 g/mol. The summed E-state index contributed by atoms with van der Waals surface area (Å²) in [6.07, 6.45) is 0.616. The van der Waals surface area contributed by atoms with Gasteiger partial charge in [0.25, 0.3) is 0 Å². The first-order valence-corrected chi connectivity index (χ1v) is 15.5. The number of thiazole rings is 1. The van der Waals surface area contributed by atoms with Crippen LogP contribution < -0.4 is 14.9 Å². The smallest absolute Gasteiger partial charge is 0.407 e. The number of nitrogens with one attached hydrogen (secondary N) is 2. The predicted octanol–water partition coefficient (Wildman–Crippen LogP) is 5.01. The monoisotopic (exact) mass is 608 g/mol. The number of para-hydroxylation sites is 1. The third-order valence-corrected chi connectivity index (χ3v) is 8.35. The van der Waals surface area contributed by atoms with Crippen LogP contribution in [0.2, 0.25) is 0 Å². The van der Waals surface area contributed by atoms with E-state index in [-0.39, 0.29) is 17.8 Å². The van der Waals surface area contributed by atoms with E-state index >= 15 is 0 Å². The maximum Gasteiger partial charge on any atom is 0.407 e. The van der Waals surface area contributed by atoms with Crippen LogP contribution >= 0.6 is 11.3 Å². The normalized spacial score (nSPS) is 12.6. The second-order valence-corrected chi connectivity index (χ2v) is 11.6. The third kappa shape index (κ3) is 8.15. The zero-order valence-corrected chi connectivity index (χ0v) is 24.8. The molecule has 0 aliphatic heterocycles. The molecule has 42 heavy (non-hydrogen) atoms. The Kier molecular flexibility index (Phi) is 10.3. The Hall–Kier alpha value is -4.26. The number of aromatic nitrogens is 1. The fraction of sp³-hybridized carbons (Fsp3) is 0.233. The van der Waals surface area contributed by atoms with E-state index in [4.69, 9.17) is 4.74 Å². The number of rotatable bonds is 12. The lowest BCUT2D eigenvalue weighted by molar-refractivity contribution is -0.123. The maximum absolute atomic E-state index is 13.6. The number of carbonyl (C=O) groups excluding carboxylic acids is 2. The van der Waals surface area contributed by atoms with Crippen molar-refractivity contribution < 1.29 is 27.3 Å². The molecule has 2 amide bonds. The van der Waals surface area contributed by atoms with Gasteiger partial charge in [0, 0.05) is 11.8 Å². The van der Waals surface area contributed by atoms with Gasteiger partial charge in [0.2, 0.25) is 5.91 Å². The number of amides is 2. The molecule has 4 rings (SSSR count). The van der Waals surface area contributed by atoms with Crippen molar-refractivity contribution in [3.63, 3.8) is 0 Å². The van der Waals surface area contributed by atoms with Gasteiger partial charge in [-0.2, -0.15) is 8.42 Å². The van der Waals surface area contributed by atoms with Gasteiger partial charge in [0.05, 0.1) is 35.2 Å². The van der Waals surface area contributed by atoms with Gasteiger partial charge in [-0.3, -0.25) is 9.35 Å². The van der Waals surface area contributed by atoms with Crippen LogP contribution in [0.5, 0.6) is 0 Å². The summed E-state index contributed by atoms with van der Waals surface area (Å²) in [7, 11) is -3.35. The molecule has 1 aromatic heterocycles. The second kappa shape index (κ2) is 14.1. The van der Waals surface area contributed by atoms with Gasteiger partial charge >= 0.3 is 16.4 Å². The molecule has 3 N–H and O–H groups in total. The molecule has 0 unspecified atom stereocenters. The Bertz CT molecular complexity index is 1580. The maximum atomic E-state index is 13.6. The molecule has 1 heterocycles. The SMILES string of the molecule is CCc1nc([C@H](Cc2ccc(N(c3ccccc3)S(=O)(=O)O)cc2)NC(=O)[C@H](Cc2ccccc2)NC(=O)OC)cs1. The number of hydrogen-bond donors (Lipinski definition) is 3. The van der Waals surface area contributed by atoms with Crippen LogP contribution in [0, 0.1) is 0 Å². The van der Waals surface area contributed by atoms with Gasteiger partial charge in [-0.15, -0.1) is 11.3 Å². The topological polar surface area (TPSA) is 138 Å². The molecule has 2 atom stereocenters. The molecule has 3 aromatic carbocycles. The summed E-state index contributed by atoms with van der Waals surface area (Å²) in [5, 5.41) is 8.48. The van der Waals surface area contributed by atoms with E-state index in [1.54, 1.807) is 54.6 Å². The van der Waals surface area contributed by atoms with Crippen LogP contribution in [0.4, 0.5) is 16.2 Å². The summed E-state index contributed by atoms with van der Waals surface area (Å²) >= 11 is 1.49. The lowest BCUT2D eigenvalue weighted by atomic mass is 10.0. The highest BCUT2D eigenvalue weighted by atomic mass is 32.2. The van der Waals surface area contributed by atoms with Crippen LogP contribution in [0.3, 0.4) is 0 Å². The number of carbonyl (C=O) groups is 2. The largest absolute Gasteiger partial charge is 0.453 e. The number of nitrogens with zero attached hydrogens (tertiary/aromatic N) is 2. The van der Waals surface area contributed by atoms with Gasteiger partial charge in [-0.05, 0) is 48.2 Å². The van der Waals surface area contributed by atoms with E-state index in [2.05, 4.69) is 15.6 Å². The van der Waals surface area contributed by atoms with E-state index < -0.39 is 34.4 Å². The average Bonchev–Trinajstić information content (AvgIpc) is 3.47. The van der Waals surface area contributed by atoms with Crippen molar-refractivity contribution in [3.05, 3.63) is 112 Å². The van der Waals surface area contributed by atoms with Gasteiger partial charge in [0.1, 0.15) is 6.04 Å². The van der Waals surface area contributed by atoms with Crippen LogP contribution in [0.25, 0.3) is 0 Å². The molecule has 0 fully saturated rings. The zero-order chi connectivity index (χ0) is 30.1. The molecule has 220 valence electrons. The molecule has 0 saturated heterocycles. The Labute approximate surface area is 249 Å². The second-order valence-electron chi connectivity index (χ2n) is 9.41. The summed E-state index contributed by atoms with van der Waals surface area (Å²) in [6.45, 7) is 2.00. The molecule has 0 saturated carbocycles. The van der Waals surface area contributed by atoms with Crippen LogP contribution in [0.15, 0.2) is 90.3 Å². The fourth-order valence-corrected chi connectivity index (χ4v) is 5.97. The van der Waals surface area contributed by atoms with E-state index in [1.807, 2.05) is 42.6 Å². The molecule has 0 bridgehead atoms. The number of benzene rings is 3. The van der Waals surface area contributed by atoms with Gasteiger partial charge < -0.3 is 15.4 Å². The van der Waals surface area contributed by atoms with Crippen molar-refractivity contribution in [1.82, 2.24) is 15.6 Å². The fourth-order valence-electron chi connectivity index (χ4n) is 4.39. The van der Waals surface area contributed by atoms with Crippen molar-refractivity contribution in [2.45, 2.75) is 38.3 Å². The van der Waals surface area contributed by atoms with E-state index in [1.165, 1.54) is 18.4 Å².